The van der Waals surface area contributed by atoms with Gasteiger partial charge in [-0.05, 0) is 36.4 Å². The lowest BCUT2D eigenvalue weighted by Gasteiger charge is -2.03. The van der Waals surface area contributed by atoms with Crippen LogP contribution in [0, 0.1) is 11.6 Å². The lowest BCUT2D eigenvalue weighted by Crippen LogP contribution is -1.97. The summed E-state index contributed by atoms with van der Waals surface area (Å²) in [7, 11) is 0. The fourth-order valence-corrected chi connectivity index (χ4v) is 1.95. The summed E-state index contributed by atoms with van der Waals surface area (Å²) in [6.07, 6.45) is 0. The van der Waals surface area contributed by atoms with Crippen LogP contribution in [0.2, 0.25) is 5.02 Å². The van der Waals surface area contributed by atoms with Crippen molar-refractivity contribution in [3.8, 4) is 5.75 Å². The molecule has 6 heteroatoms. The maximum Gasteiger partial charge on any atom is 0.186 e. The van der Waals surface area contributed by atoms with E-state index >= 15 is 0 Å². The largest absolute Gasteiger partial charge is 0.486 e. The van der Waals surface area contributed by atoms with Crippen molar-refractivity contribution >= 4 is 22.6 Å². The number of hydrogen-bond acceptors (Lipinski definition) is 2. The molecule has 3 nitrogen and oxygen atoms in total. The summed E-state index contributed by atoms with van der Waals surface area (Å²) in [5.41, 5.74) is 0.401. The molecule has 0 amide bonds. The summed E-state index contributed by atoms with van der Waals surface area (Å²) in [4.78, 5) is 6.86. The lowest BCUT2D eigenvalue weighted by molar-refractivity contribution is 0.297. The molecule has 1 aromatic heterocycles. The maximum absolute atomic E-state index is 13.5. The first-order chi connectivity index (χ1) is 9.63. The van der Waals surface area contributed by atoms with Crippen LogP contribution in [0.25, 0.3) is 11.0 Å². The predicted molar refractivity (Wildman–Crippen MR) is 71.8 cm³/mol. The van der Waals surface area contributed by atoms with Gasteiger partial charge in [0.1, 0.15) is 23.7 Å². The normalized spacial score (nSPS) is 10.9. The molecule has 3 rings (SSSR count). The third kappa shape index (κ3) is 2.44. The number of nitrogens with one attached hydrogen (secondary N) is 1. The van der Waals surface area contributed by atoms with E-state index < -0.39 is 11.6 Å². The van der Waals surface area contributed by atoms with E-state index in [0.29, 0.717) is 22.1 Å². The second kappa shape index (κ2) is 5.09. The minimum absolute atomic E-state index is 0.0280. The highest BCUT2D eigenvalue weighted by atomic mass is 35.5. The Morgan fingerprint density at radius 3 is 2.60 bits per heavy atom. The molecule has 0 aliphatic rings. The average Bonchev–Trinajstić information content (AvgIpc) is 2.86. The molecule has 102 valence electrons. The molecule has 2 aromatic carbocycles. The summed E-state index contributed by atoms with van der Waals surface area (Å²) < 4.78 is 32.1. The molecule has 3 aromatic rings. The van der Waals surface area contributed by atoms with Crippen molar-refractivity contribution in [3.63, 3.8) is 0 Å². The number of halogens is 3. The molecule has 0 spiro atoms. The van der Waals surface area contributed by atoms with Crippen LogP contribution in [0.3, 0.4) is 0 Å². The number of fused-ring (bicyclic) bond motifs is 1. The highest BCUT2D eigenvalue weighted by Gasteiger charge is 2.12. The molecular weight excluding hydrogens is 286 g/mol. The Kier molecular flexibility index (Phi) is 3.28. The highest BCUT2D eigenvalue weighted by molar-refractivity contribution is 6.30. The summed E-state index contributed by atoms with van der Waals surface area (Å²) in [5.74, 6) is -0.855. The molecule has 0 unspecified atom stereocenters. The second-order valence-corrected chi connectivity index (χ2v) is 4.62. The van der Waals surface area contributed by atoms with Crippen LogP contribution in [-0.2, 0) is 6.61 Å². The van der Waals surface area contributed by atoms with Crippen LogP contribution in [0.4, 0.5) is 8.78 Å². The van der Waals surface area contributed by atoms with Gasteiger partial charge in [0, 0.05) is 5.02 Å². The quantitative estimate of drug-likeness (QED) is 0.790. The Balaban J connectivity index is 1.81. The van der Waals surface area contributed by atoms with E-state index in [1.807, 2.05) is 0 Å². The number of ether oxygens (including phenoxy) is 1. The van der Waals surface area contributed by atoms with Crippen LogP contribution in [-0.4, -0.2) is 9.97 Å². The Morgan fingerprint density at radius 2 is 1.85 bits per heavy atom. The van der Waals surface area contributed by atoms with Crippen LogP contribution in [0.15, 0.2) is 36.4 Å². The molecule has 0 aliphatic heterocycles. The third-order valence-corrected chi connectivity index (χ3v) is 3.04. The molecule has 0 atom stereocenters. The van der Waals surface area contributed by atoms with Crippen molar-refractivity contribution < 1.29 is 13.5 Å². The van der Waals surface area contributed by atoms with E-state index in [0.717, 1.165) is 6.07 Å². The van der Waals surface area contributed by atoms with E-state index in [2.05, 4.69) is 9.97 Å². The molecule has 1 heterocycles. The number of aromatic nitrogens is 2. The topological polar surface area (TPSA) is 37.9 Å². The molecule has 0 aliphatic carbocycles. The van der Waals surface area contributed by atoms with Gasteiger partial charge in [-0.3, -0.25) is 0 Å². The summed E-state index contributed by atoms with van der Waals surface area (Å²) in [6.45, 7) is 0.122. The van der Waals surface area contributed by atoms with Gasteiger partial charge in [-0.2, -0.15) is 0 Å². The van der Waals surface area contributed by atoms with Gasteiger partial charge >= 0.3 is 0 Å². The van der Waals surface area contributed by atoms with Gasteiger partial charge in [-0.1, -0.05) is 11.6 Å². The number of imidazole rings is 1. The lowest BCUT2D eigenvalue weighted by atomic mass is 10.3. The first-order valence-electron chi connectivity index (χ1n) is 5.84. The molecular formula is C14H9ClF2N2O. The first-order valence-corrected chi connectivity index (χ1v) is 6.22. The van der Waals surface area contributed by atoms with Crippen LogP contribution in [0.5, 0.6) is 5.75 Å². The van der Waals surface area contributed by atoms with Gasteiger partial charge in [0.05, 0.1) is 5.52 Å². The van der Waals surface area contributed by atoms with Gasteiger partial charge in [-0.25, -0.2) is 13.8 Å². The van der Waals surface area contributed by atoms with Crippen LogP contribution >= 0.6 is 11.6 Å². The molecule has 0 saturated heterocycles. The standard InChI is InChI=1S/C14H9ClF2N2O/c15-8-1-3-9(4-2-8)20-7-12-18-11-6-5-10(16)13(17)14(11)19-12/h1-6H,7H2,(H,18,19). The summed E-state index contributed by atoms with van der Waals surface area (Å²) in [6, 6.07) is 9.32. The number of benzene rings is 2. The summed E-state index contributed by atoms with van der Waals surface area (Å²) in [5, 5.41) is 0.610. The van der Waals surface area contributed by atoms with E-state index in [-0.39, 0.29) is 12.1 Å². The third-order valence-electron chi connectivity index (χ3n) is 2.78. The molecule has 0 radical (unpaired) electrons. The fraction of sp³-hybridized carbons (Fsp3) is 0.0714. The van der Waals surface area contributed by atoms with Crippen molar-refractivity contribution in [2.24, 2.45) is 0 Å². The zero-order valence-electron chi connectivity index (χ0n) is 10.2. The molecule has 0 saturated carbocycles. The molecule has 0 bridgehead atoms. The van der Waals surface area contributed by atoms with E-state index in [1.165, 1.54) is 6.07 Å². The van der Waals surface area contributed by atoms with Gasteiger partial charge in [0.15, 0.2) is 11.6 Å². The fourth-order valence-electron chi connectivity index (χ4n) is 1.82. The Hall–Kier alpha value is -2.14. The highest BCUT2D eigenvalue weighted by Crippen LogP contribution is 2.20. The van der Waals surface area contributed by atoms with Gasteiger partial charge in [0.25, 0.3) is 0 Å². The monoisotopic (exact) mass is 294 g/mol. The molecule has 0 fully saturated rings. The molecule has 1 N–H and O–H groups in total. The van der Waals surface area contributed by atoms with Crippen LogP contribution in [0.1, 0.15) is 5.82 Å². The van der Waals surface area contributed by atoms with E-state index in [9.17, 15) is 8.78 Å². The van der Waals surface area contributed by atoms with Crippen molar-refractivity contribution in [2.75, 3.05) is 0 Å². The number of rotatable bonds is 3. The number of nitrogens with zero attached hydrogens (tertiary/aromatic N) is 1. The van der Waals surface area contributed by atoms with Crippen molar-refractivity contribution in [3.05, 3.63) is 58.9 Å². The van der Waals surface area contributed by atoms with Gasteiger partial charge in [0.2, 0.25) is 0 Å². The minimum atomic E-state index is -0.962. The Bertz CT molecular complexity index is 756. The Morgan fingerprint density at radius 1 is 1.10 bits per heavy atom. The predicted octanol–water partition coefficient (Wildman–Crippen LogP) is 4.07. The van der Waals surface area contributed by atoms with Crippen LogP contribution < -0.4 is 4.74 Å². The Labute approximate surface area is 118 Å². The minimum Gasteiger partial charge on any atom is -0.486 e. The van der Waals surface area contributed by atoms with Gasteiger partial charge < -0.3 is 9.72 Å². The van der Waals surface area contributed by atoms with Gasteiger partial charge in [-0.15, -0.1) is 0 Å². The SMILES string of the molecule is Fc1ccc2[nH]c(COc3ccc(Cl)cc3)nc2c1F. The second-order valence-electron chi connectivity index (χ2n) is 4.18. The zero-order chi connectivity index (χ0) is 14.1. The maximum atomic E-state index is 13.5. The number of H-pyrrole nitrogens is 1. The smallest absolute Gasteiger partial charge is 0.186 e. The number of hydrogen-bond donors (Lipinski definition) is 1. The van der Waals surface area contributed by atoms with E-state index in [1.54, 1.807) is 24.3 Å². The first kappa shape index (κ1) is 12.9. The summed E-state index contributed by atoms with van der Waals surface area (Å²) >= 11 is 5.76. The van der Waals surface area contributed by atoms with E-state index in [4.69, 9.17) is 16.3 Å². The van der Waals surface area contributed by atoms with Crippen molar-refractivity contribution in [2.45, 2.75) is 6.61 Å². The number of aromatic amines is 1. The zero-order valence-corrected chi connectivity index (χ0v) is 10.9. The van der Waals surface area contributed by atoms with Crippen molar-refractivity contribution in [1.29, 1.82) is 0 Å². The molecule has 20 heavy (non-hydrogen) atoms. The van der Waals surface area contributed by atoms with Crippen molar-refractivity contribution in [1.82, 2.24) is 9.97 Å². The average molecular weight is 295 g/mol.